The summed E-state index contributed by atoms with van der Waals surface area (Å²) in [6, 6.07) is 8.61. The molecule has 2 aromatic rings. The summed E-state index contributed by atoms with van der Waals surface area (Å²) in [4.78, 5) is 2.17. The van der Waals surface area contributed by atoms with E-state index in [0.717, 1.165) is 17.6 Å². The van der Waals surface area contributed by atoms with Crippen molar-refractivity contribution in [2.24, 2.45) is 0 Å². The van der Waals surface area contributed by atoms with Gasteiger partial charge in [-0.15, -0.1) is 0 Å². The summed E-state index contributed by atoms with van der Waals surface area (Å²) in [6.45, 7) is 3.98. The second kappa shape index (κ2) is 7.20. The first-order valence-corrected chi connectivity index (χ1v) is 7.92. The molecule has 0 radical (unpaired) electrons. The Balaban J connectivity index is 2.38. The number of hydrogen-bond acceptors (Lipinski definition) is 3. The predicted molar refractivity (Wildman–Crippen MR) is 90.6 cm³/mol. The Hall–Kier alpha value is -1.17. The fourth-order valence-electron chi connectivity index (χ4n) is 2.48. The average Bonchev–Trinajstić information content (AvgIpc) is 2.81. The normalized spacial score (nSPS) is 12.9. The summed E-state index contributed by atoms with van der Waals surface area (Å²) in [6.07, 6.45) is 1.88. The van der Waals surface area contributed by atoms with Gasteiger partial charge in [-0.3, -0.25) is 4.68 Å². The zero-order valence-corrected chi connectivity index (χ0v) is 14.7. The predicted octanol–water partition coefficient (Wildman–Crippen LogP) is 2.82. The smallest absolute Gasteiger partial charge is 0.0760 e. The Labute approximate surface area is 135 Å². The lowest BCUT2D eigenvalue weighted by atomic mass is 9.99. The highest BCUT2D eigenvalue weighted by Crippen LogP contribution is 2.30. The van der Waals surface area contributed by atoms with Crippen molar-refractivity contribution >= 4 is 15.9 Å². The van der Waals surface area contributed by atoms with Crippen molar-refractivity contribution in [3.8, 4) is 0 Å². The van der Waals surface area contributed by atoms with Gasteiger partial charge in [-0.25, -0.2) is 0 Å². The highest BCUT2D eigenvalue weighted by atomic mass is 79.9. The van der Waals surface area contributed by atoms with Gasteiger partial charge < -0.3 is 10.2 Å². The van der Waals surface area contributed by atoms with Gasteiger partial charge in [0.15, 0.2) is 0 Å². The van der Waals surface area contributed by atoms with Gasteiger partial charge >= 0.3 is 0 Å². The van der Waals surface area contributed by atoms with Gasteiger partial charge in [-0.05, 0) is 55.1 Å². The van der Waals surface area contributed by atoms with Gasteiger partial charge in [0.2, 0.25) is 0 Å². The van der Waals surface area contributed by atoms with Crippen molar-refractivity contribution in [2.45, 2.75) is 19.5 Å². The molecule has 0 aliphatic carbocycles. The maximum absolute atomic E-state index is 4.51. The molecule has 0 fully saturated rings. The van der Waals surface area contributed by atoms with Crippen LogP contribution in [0.4, 0.5) is 0 Å². The van der Waals surface area contributed by atoms with Crippen LogP contribution in [-0.2, 0) is 6.54 Å². The molecule has 0 aliphatic rings. The molecule has 1 aromatic heterocycles. The molecular formula is C16H23BrN4. The molecule has 0 bridgehead atoms. The number of likely N-dealkylation sites (N-methyl/N-ethyl adjacent to an activating group) is 1. The van der Waals surface area contributed by atoms with Crippen LogP contribution in [-0.4, -0.2) is 42.4 Å². The van der Waals surface area contributed by atoms with E-state index in [0.29, 0.717) is 0 Å². The number of halogens is 1. The quantitative estimate of drug-likeness (QED) is 0.869. The van der Waals surface area contributed by atoms with E-state index in [4.69, 9.17) is 0 Å². The van der Waals surface area contributed by atoms with Gasteiger partial charge in [-0.2, -0.15) is 5.10 Å². The summed E-state index contributed by atoms with van der Waals surface area (Å²) < 4.78 is 3.13. The highest BCUT2D eigenvalue weighted by molar-refractivity contribution is 9.10. The zero-order chi connectivity index (χ0) is 15.4. The zero-order valence-electron chi connectivity index (χ0n) is 13.1. The van der Waals surface area contributed by atoms with E-state index >= 15 is 0 Å². The van der Waals surface area contributed by atoms with Crippen molar-refractivity contribution in [3.63, 3.8) is 0 Å². The minimum absolute atomic E-state index is 0.130. The molecule has 0 aliphatic heterocycles. The minimum Gasteiger partial charge on any atom is -0.308 e. The van der Waals surface area contributed by atoms with E-state index in [1.807, 2.05) is 13.2 Å². The first-order chi connectivity index (χ1) is 10.0. The lowest BCUT2D eigenvalue weighted by Crippen LogP contribution is -2.26. The van der Waals surface area contributed by atoms with Crippen LogP contribution in [0.2, 0.25) is 0 Å². The summed E-state index contributed by atoms with van der Waals surface area (Å²) in [5.41, 5.74) is 3.74. The lowest BCUT2D eigenvalue weighted by molar-refractivity contribution is 0.366. The van der Waals surface area contributed by atoms with Gasteiger partial charge in [0, 0.05) is 6.54 Å². The van der Waals surface area contributed by atoms with Crippen LogP contribution in [0.1, 0.15) is 22.9 Å². The molecule has 4 nitrogen and oxygen atoms in total. The molecule has 21 heavy (non-hydrogen) atoms. The number of hydrogen-bond donors (Lipinski definition) is 1. The maximum atomic E-state index is 4.51. The van der Waals surface area contributed by atoms with Crippen LogP contribution in [0.3, 0.4) is 0 Å². The molecule has 0 amide bonds. The van der Waals surface area contributed by atoms with Crippen LogP contribution in [0.15, 0.2) is 34.9 Å². The van der Waals surface area contributed by atoms with Crippen LogP contribution >= 0.6 is 15.9 Å². The molecule has 1 unspecified atom stereocenters. The number of nitrogens with one attached hydrogen (secondary N) is 1. The molecule has 1 heterocycles. The van der Waals surface area contributed by atoms with Crippen LogP contribution in [0.5, 0.6) is 0 Å². The van der Waals surface area contributed by atoms with Crippen molar-refractivity contribution in [2.75, 3.05) is 27.7 Å². The summed E-state index contributed by atoms with van der Waals surface area (Å²) in [5.74, 6) is 0. The Morgan fingerprint density at radius 2 is 2.05 bits per heavy atom. The van der Waals surface area contributed by atoms with Crippen molar-refractivity contribution in [1.29, 1.82) is 0 Å². The Kier molecular flexibility index (Phi) is 5.56. The van der Waals surface area contributed by atoms with Gasteiger partial charge in [-0.1, -0.05) is 24.3 Å². The first-order valence-electron chi connectivity index (χ1n) is 7.13. The summed E-state index contributed by atoms with van der Waals surface area (Å²) in [5, 5.41) is 7.94. The Morgan fingerprint density at radius 1 is 1.33 bits per heavy atom. The molecule has 1 N–H and O–H groups in total. The van der Waals surface area contributed by atoms with Crippen LogP contribution in [0.25, 0.3) is 0 Å². The Morgan fingerprint density at radius 3 is 2.67 bits per heavy atom. The Bertz CT molecular complexity index is 592. The molecule has 1 aromatic carbocycles. The van der Waals surface area contributed by atoms with Crippen molar-refractivity contribution in [3.05, 3.63) is 51.8 Å². The summed E-state index contributed by atoms with van der Waals surface area (Å²) in [7, 11) is 6.15. The fourth-order valence-corrected chi connectivity index (χ4v) is 3.01. The number of aryl methyl sites for hydroxylation is 1. The molecule has 0 saturated carbocycles. The molecule has 0 saturated heterocycles. The first kappa shape index (κ1) is 16.2. The molecule has 0 spiro atoms. The molecule has 1 atom stereocenters. The molecule has 114 valence electrons. The van der Waals surface area contributed by atoms with E-state index < -0.39 is 0 Å². The van der Waals surface area contributed by atoms with E-state index in [-0.39, 0.29) is 6.04 Å². The van der Waals surface area contributed by atoms with Gasteiger partial charge in [0.1, 0.15) is 0 Å². The standard InChI is InChI=1S/C16H23BrN4/c1-12-7-5-6-8-13(12)15(18-2)16-14(17)11-19-21(16)10-9-20(3)4/h5-8,11,15,18H,9-10H2,1-4H3. The van der Waals surface area contributed by atoms with Crippen LogP contribution < -0.4 is 5.32 Å². The number of rotatable bonds is 6. The van der Waals surface area contributed by atoms with Crippen molar-refractivity contribution < 1.29 is 0 Å². The largest absolute Gasteiger partial charge is 0.308 e. The molecule has 5 heteroatoms. The topological polar surface area (TPSA) is 33.1 Å². The average molecular weight is 351 g/mol. The van der Waals surface area contributed by atoms with Gasteiger partial charge in [0.25, 0.3) is 0 Å². The SMILES string of the molecule is CNC(c1ccccc1C)c1c(Br)cnn1CCN(C)C. The van der Waals surface area contributed by atoms with E-state index in [1.165, 1.54) is 16.8 Å². The second-order valence-electron chi connectivity index (χ2n) is 5.48. The minimum atomic E-state index is 0.130. The number of nitrogens with zero attached hydrogens (tertiary/aromatic N) is 3. The maximum Gasteiger partial charge on any atom is 0.0760 e. The van der Waals surface area contributed by atoms with Crippen molar-refractivity contribution in [1.82, 2.24) is 20.0 Å². The van der Waals surface area contributed by atoms with E-state index in [9.17, 15) is 0 Å². The third-order valence-electron chi connectivity index (χ3n) is 3.65. The number of aromatic nitrogens is 2. The third-order valence-corrected chi connectivity index (χ3v) is 4.26. The second-order valence-corrected chi connectivity index (χ2v) is 6.34. The molecular weight excluding hydrogens is 328 g/mol. The third kappa shape index (κ3) is 3.73. The fraction of sp³-hybridized carbons (Fsp3) is 0.438. The number of benzene rings is 1. The van der Waals surface area contributed by atoms with Gasteiger partial charge in [0.05, 0.1) is 29.0 Å². The van der Waals surface area contributed by atoms with E-state index in [1.54, 1.807) is 0 Å². The molecule has 2 rings (SSSR count). The van der Waals surface area contributed by atoms with E-state index in [2.05, 4.69) is 81.2 Å². The summed E-state index contributed by atoms with van der Waals surface area (Å²) >= 11 is 3.65. The monoisotopic (exact) mass is 350 g/mol. The lowest BCUT2D eigenvalue weighted by Gasteiger charge is -2.21. The van der Waals surface area contributed by atoms with Crippen LogP contribution in [0, 0.1) is 6.92 Å². The highest BCUT2D eigenvalue weighted by Gasteiger charge is 2.21.